The Balaban J connectivity index is 0.000000205. The molecule has 0 saturated heterocycles. The molecule has 17 heterocycles. The summed E-state index contributed by atoms with van der Waals surface area (Å²) in [5, 5.41) is 15.4. The van der Waals surface area contributed by atoms with Crippen molar-refractivity contribution in [2.45, 2.75) is 4.34 Å². The Hall–Kier alpha value is -13.7. The van der Waals surface area contributed by atoms with Gasteiger partial charge in [0.1, 0.15) is 5.75 Å². The third kappa shape index (κ3) is 35.0. The zero-order valence-electron chi connectivity index (χ0n) is 67.9. The molecule has 0 aliphatic carbocycles. The fourth-order valence-electron chi connectivity index (χ4n) is 10.9. The predicted octanol–water partition coefficient (Wildman–Crippen LogP) is 16.0. The van der Waals surface area contributed by atoms with Crippen LogP contribution in [0.25, 0.3) is 124 Å². The average Bonchev–Trinajstić information content (AvgIpc) is 1.71. The summed E-state index contributed by atoms with van der Waals surface area (Å²) in [5.74, 6) is 2.60. The van der Waals surface area contributed by atoms with Gasteiger partial charge >= 0.3 is 91.4 Å². The molecule has 0 fully saturated rings. The quantitative estimate of drug-likeness (QED) is 0.0755. The maximum absolute atomic E-state index is 11.8. The van der Waals surface area contributed by atoms with E-state index in [1.807, 2.05) is 243 Å². The molecule has 660 valence electrons. The van der Waals surface area contributed by atoms with Gasteiger partial charge in [-0.05, 0) is 209 Å². The minimum atomic E-state index is -0.101. The van der Waals surface area contributed by atoms with Crippen LogP contribution in [0.3, 0.4) is 0 Å². The number of phenols is 1. The van der Waals surface area contributed by atoms with E-state index in [1.54, 1.807) is 116 Å². The molecule has 20 aromatic rings. The van der Waals surface area contributed by atoms with Crippen LogP contribution in [-0.2, 0) is 116 Å². The first-order valence-electron chi connectivity index (χ1n) is 38.0. The Morgan fingerprint density at radius 3 is 0.687 bits per heavy atom. The van der Waals surface area contributed by atoms with E-state index < -0.39 is 0 Å². The van der Waals surface area contributed by atoms with Gasteiger partial charge in [-0.25, -0.2) is 0 Å². The van der Waals surface area contributed by atoms with Crippen molar-refractivity contribution < 1.29 is 108 Å². The van der Waals surface area contributed by atoms with Crippen molar-refractivity contribution in [3.8, 4) is 126 Å². The molecular weight excluding hydrogens is 2610 g/mol. The Bertz CT molecular complexity index is 5900. The van der Waals surface area contributed by atoms with Gasteiger partial charge < -0.3 is 70.5 Å². The predicted molar refractivity (Wildman–Crippen MR) is 490 cm³/mol. The molecule has 25 nitrogen and oxygen atoms in total. The molecular formula is C98H67ClN19O6Pt5S2-. The van der Waals surface area contributed by atoms with Gasteiger partial charge in [-0.3, -0.25) is 89.8 Å². The minimum Gasteiger partial charge on any atom is -0.432 e. The maximum Gasteiger partial charge on any atom is 2.00 e. The van der Waals surface area contributed by atoms with Gasteiger partial charge in [-0.2, -0.15) is 0 Å². The molecule has 3 aromatic carbocycles. The van der Waals surface area contributed by atoms with Gasteiger partial charge in [0.25, 0.3) is 0 Å². The first-order valence-corrected chi connectivity index (χ1v) is 42.1. The van der Waals surface area contributed by atoms with E-state index in [2.05, 4.69) is 110 Å². The molecule has 0 aliphatic heterocycles. The van der Waals surface area contributed by atoms with E-state index in [0.29, 0.717) is 120 Å². The molecule has 131 heavy (non-hydrogen) atoms. The summed E-state index contributed by atoms with van der Waals surface area (Å²) in [5.41, 5.74) is 13.8. The standard InChI is InChI=1S/5C15H11N3O.C8H5.C7H5NS2.C6H6O.C2H2N3.ClH.5Pt/c5*19-11-9-14(12-5-1-3-7-16-12)18-15(10-11)13-6-2-4-8-17-13;1-2-8-6-4-3-5-7-8;9-7-8-5-3-1-2-4-6(5)10-7;7-6-4-2-1-3-5-6;1-3-2-5-4-1;;;;;;/h5*1-10H,(H,18,19);3-7H;1-4H,(H,8,9);1-5,7H;1-2H;1H;;;;;/q;;;;;-1;;;-1;;;4*+2/p-7. The summed E-state index contributed by atoms with van der Waals surface area (Å²) in [6.45, 7) is 0. The Morgan fingerprint density at radius 2 is 0.527 bits per heavy atom. The maximum atomic E-state index is 11.8. The zero-order chi connectivity index (χ0) is 88.8. The molecule has 0 spiro atoms. The molecule has 0 unspecified atom stereocenters. The fourth-order valence-corrected chi connectivity index (χ4v) is 12.0. The van der Waals surface area contributed by atoms with Crippen LogP contribution in [0.1, 0.15) is 5.56 Å². The third-order valence-corrected chi connectivity index (χ3v) is 17.7. The first-order chi connectivity index (χ1) is 62.3. The number of para-hydroxylation sites is 2. The molecule has 0 atom stereocenters. The van der Waals surface area contributed by atoms with E-state index in [9.17, 15) is 24.0 Å². The monoisotopic (exact) mass is 2680 g/mol. The average molecular weight is 2680 g/mol. The number of halogens is 1. The number of hydrogen-bond donors (Lipinski definition) is 1. The Morgan fingerprint density at radius 1 is 0.313 bits per heavy atom. The number of fused-ring (bicyclic) bond motifs is 1. The summed E-state index contributed by atoms with van der Waals surface area (Å²) in [6.07, 6.45) is 26.2. The number of rotatable bonds is 10. The summed E-state index contributed by atoms with van der Waals surface area (Å²) < 4.78 is 1.90. The molecule has 0 bridgehead atoms. The summed E-state index contributed by atoms with van der Waals surface area (Å²) in [6, 6.07) is 96.0. The first kappa shape index (κ1) is 104. The number of nitrogens with zero attached hydrogens (tertiary/aromatic N) is 19. The number of aromatic nitrogens is 19. The van der Waals surface area contributed by atoms with Gasteiger partial charge in [0.2, 0.25) is 0 Å². The van der Waals surface area contributed by atoms with E-state index in [1.165, 1.54) is 78.0 Å². The van der Waals surface area contributed by atoms with E-state index in [-0.39, 0.29) is 111 Å². The molecule has 0 amide bonds. The van der Waals surface area contributed by atoms with E-state index in [0.717, 1.165) is 15.4 Å². The Kier molecular flexibility index (Phi) is 46.1. The Labute approximate surface area is 833 Å². The van der Waals surface area contributed by atoms with Crippen LogP contribution in [0.5, 0.6) is 5.75 Å². The van der Waals surface area contributed by atoms with Crippen LogP contribution in [0.4, 0.5) is 0 Å². The van der Waals surface area contributed by atoms with Crippen molar-refractivity contribution in [2.75, 3.05) is 0 Å². The molecule has 0 saturated carbocycles. The van der Waals surface area contributed by atoms with Crippen LogP contribution < -0.4 is 57.2 Å². The van der Waals surface area contributed by atoms with Crippen LogP contribution in [0, 0.1) is 12.3 Å². The van der Waals surface area contributed by atoms with Crippen LogP contribution >= 0.6 is 20.8 Å². The molecule has 20 rings (SSSR count). The second kappa shape index (κ2) is 57.9. The van der Waals surface area contributed by atoms with Gasteiger partial charge in [0, 0.05) is 146 Å². The van der Waals surface area contributed by atoms with Crippen LogP contribution in [0.15, 0.2) is 431 Å². The van der Waals surface area contributed by atoms with Crippen LogP contribution in [0.2, 0.25) is 0 Å². The number of phenolic OH excluding ortho intramolecular Hbond substituents is 1. The largest absolute Gasteiger partial charge is 2.00 e. The van der Waals surface area contributed by atoms with Crippen molar-refractivity contribution in [2.24, 2.45) is 0 Å². The van der Waals surface area contributed by atoms with Crippen molar-refractivity contribution in [1.82, 2.24) is 94.9 Å². The molecule has 0 aliphatic rings. The number of benzene rings is 3. The number of pyridine rings is 15. The van der Waals surface area contributed by atoms with Gasteiger partial charge in [-0.15, -0.1) is 74.6 Å². The molecule has 1 N–H and O–H groups in total. The molecule has 0 radical (unpaired) electrons. The normalized spacial score (nSPS) is 9.57. The number of aromatic hydroxyl groups is 1. The van der Waals surface area contributed by atoms with Crippen molar-refractivity contribution in [3.63, 3.8) is 0 Å². The van der Waals surface area contributed by atoms with Gasteiger partial charge in [0.05, 0.1) is 5.52 Å². The molecule has 33 heteroatoms. The second-order valence-electron chi connectivity index (χ2n) is 25.4. The third-order valence-electron chi connectivity index (χ3n) is 16.5. The second-order valence-corrected chi connectivity index (χ2v) is 27.1. The molecule has 17 aromatic heterocycles. The van der Waals surface area contributed by atoms with Gasteiger partial charge in [-0.1, -0.05) is 122 Å². The van der Waals surface area contributed by atoms with Crippen molar-refractivity contribution >= 4 is 43.6 Å². The van der Waals surface area contributed by atoms with E-state index in [4.69, 9.17) is 24.2 Å². The SMILES string of the molecule is O=c1cc(-c2ccccn2)[n-]c(-c2ccccn2)c1.O=c1cc(-c2ccccn2)[n-]c(-c2ccccn2)c1.O=c1cc(-c2ccccn2)[n-]c(-c2ccccn2)c1.O=c1cc(-c2ccccn2)[n-]c(-c2ccccn2)c1.O=c1cc(-c2ccccn2)[n-]c(-c2ccccn2)c1.Oc1ccccc1.[C-]#Cc1ccccc1.[Cl][Pt+].[Pt+2].[Pt+2].[Pt+2].[Pt].[S-]c1nc2ccccc2s1.c1nc[n-]n1. The number of hydrogen-bond acceptors (Lipinski definition) is 21. The fraction of sp³-hybridized carbons (Fsp3) is 0. The van der Waals surface area contributed by atoms with Gasteiger partial charge in [0.15, 0.2) is 27.1 Å². The minimum absolute atomic E-state index is 0. The van der Waals surface area contributed by atoms with Crippen molar-refractivity contribution in [1.29, 1.82) is 0 Å². The summed E-state index contributed by atoms with van der Waals surface area (Å²) >= 11 is 8.09. The summed E-state index contributed by atoms with van der Waals surface area (Å²) in [4.78, 5) is 131. The van der Waals surface area contributed by atoms with Crippen LogP contribution in [-0.4, -0.2) is 70.0 Å². The van der Waals surface area contributed by atoms with E-state index >= 15 is 0 Å². The zero-order valence-corrected chi connectivity index (χ0v) is 81.6. The number of thiazole rings is 1. The topological polar surface area (TPSA) is 358 Å². The summed E-state index contributed by atoms with van der Waals surface area (Å²) in [7, 11) is 4.61. The smallest absolute Gasteiger partial charge is 0.432 e. The van der Waals surface area contributed by atoms with Crippen molar-refractivity contribution in [3.05, 3.63) is 465 Å².